The molecule has 0 radical (unpaired) electrons. The van der Waals surface area contributed by atoms with Crippen LogP contribution in [0.25, 0.3) is 0 Å². The van der Waals surface area contributed by atoms with E-state index in [4.69, 9.17) is 11.6 Å². The van der Waals surface area contributed by atoms with E-state index in [9.17, 15) is 0 Å². The maximum absolute atomic E-state index is 5.86. The number of rotatable bonds is 1. The van der Waals surface area contributed by atoms with E-state index >= 15 is 0 Å². The average Bonchev–Trinajstić information content (AvgIpc) is 1.88. The standard InChI is InChI=1S/C7H7ClIN/c1-2-7-6(8)3-5(9)4-10-7/h3-4H,2H2,1H3. The molecule has 0 unspecified atom stereocenters. The minimum atomic E-state index is 0.773. The first kappa shape index (κ1) is 8.27. The number of hydrogen-bond acceptors (Lipinski definition) is 1. The zero-order chi connectivity index (χ0) is 7.56. The van der Waals surface area contributed by atoms with Gasteiger partial charge in [-0.15, -0.1) is 0 Å². The first-order valence-corrected chi connectivity index (χ1v) is 4.49. The number of nitrogens with zero attached hydrogens (tertiary/aromatic N) is 1. The highest BCUT2D eigenvalue weighted by molar-refractivity contribution is 14.1. The van der Waals surface area contributed by atoms with Crippen molar-refractivity contribution >= 4 is 34.2 Å². The zero-order valence-electron chi connectivity index (χ0n) is 5.56. The number of halogens is 2. The summed E-state index contributed by atoms with van der Waals surface area (Å²) in [5.41, 5.74) is 0.974. The summed E-state index contributed by atoms with van der Waals surface area (Å²) in [6, 6.07) is 1.92. The van der Waals surface area contributed by atoms with Gasteiger partial charge in [0.15, 0.2) is 0 Å². The van der Waals surface area contributed by atoms with E-state index < -0.39 is 0 Å². The molecule has 1 heterocycles. The highest BCUT2D eigenvalue weighted by atomic mass is 127. The van der Waals surface area contributed by atoms with Crippen molar-refractivity contribution in [3.8, 4) is 0 Å². The zero-order valence-corrected chi connectivity index (χ0v) is 8.48. The molecule has 0 aromatic carbocycles. The van der Waals surface area contributed by atoms with Crippen LogP contribution < -0.4 is 0 Å². The van der Waals surface area contributed by atoms with E-state index in [1.165, 1.54) is 0 Å². The van der Waals surface area contributed by atoms with Gasteiger partial charge in [-0.25, -0.2) is 0 Å². The molecule has 0 fully saturated rings. The van der Waals surface area contributed by atoms with Gasteiger partial charge in [-0.05, 0) is 35.1 Å². The summed E-state index contributed by atoms with van der Waals surface area (Å²) in [6.45, 7) is 2.04. The highest BCUT2D eigenvalue weighted by Crippen LogP contribution is 2.16. The van der Waals surface area contributed by atoms with Crippen LogP contribution in [0.1, 0.15) is 12.6 Å². The van der Waals surface area contributed by atoms with Gasteiger partial charge < -0.3 is 0 Å². The minimum Gasteiger partial charge on any atom is -0.259 e. The number of aryl methyl sites for hydroxylation is 1. The fraction of sp³-hybridized carbons (Fsp3) is 0.286. The first-order valence-electron chi connectivity index (χ1n) is 3.04. The Bertz CT molecular complexity index is 237. The van der Waals surface area contributed by atoms with Crippen LogP contribution >= 0.6 is 34.2 Å². The lowest BCUT2D eigenvalue weighted by Gasteiger charge is -1.98. The molecule has 0 aliphatic heterocycles. The molecule has 0 aliphatic carbocycles. The van der Waals surface area contributed by atoms with Crippen molar-refractivity contribution in [2.24, 2.45) is 0 Å². The van der Waals surface area contributed by atoms with Crippen molar-refractivity contribution in [3.05, 3.63) is 26.5 Å². The van der Waals surface area contributed by atoms with Crippen LogP contribution in [0.15, 0.2) is 12.3 Å². The van der Waals surface area contributed by atoms with E-state index in [1.807, 2.05) is 19.2 Å². The van der Waals surface area contributed by atoms with Gasteiger partial charge in [-0.1, -0.05) is 18.5 Å². The summed E-state index contributed by atoms with van der Waals surface area (Å²) < 4.78 is 1.08. The Balaban J connectivity index is 3.07. The van der Waals surface area contributed by atoms with Crippen molar-refractivity contribution in [3.63, 3.8) is 0 Å². The van der Waals surface area contributed by atoms with Crippen LogP contribution in [0.3, 0.4) is 0 Å². The number of hydrogen-bond donors (Lipinski definition) is 0. The van der Waals surface area contributed by atoms with Gasteiger partial charge in [-0.2, -0.15) is 0 Å². The summed E-state index contributed by atoms with van der Waals surface area (Å²) in [6.07, 6.45) is 2.72. The maximum atomic E-state index is 5.86. The Morgan fingerprint density at radius 1 is 1.70 bits per heavy atom. The minimum absolute atomic E-state index is 0.773. The monoisotopic (exact) mass is 267 g/mol. The topological polar surface area (TPSA) is 12.9 Å². The van der Waals surface area contributed by atoms with Crippen molar-refractivity contribution in [2.45, 2.75) is 13.3 Å². The van der Waals surface area contributed by atoms with Crippen LogP contribution in [-0.4, -0.2) is 4.98 Å². The number of pyridine rings is 1. The third kappa shape index (κ3) is 1.83. The molecule has 0 spiro atoms. The Morgan fingerprint density at radius 2 is 2.40 bits per heavy atom. The quantitative estimate of drug-likeness (QED) is 0.713. The molecule has 1 nitrogen and oxygen atoms in total. The molecule has 1 aromatic rings. The summed E-state index contributed by atoms with van der Waals surface area (Å²) in [7, 11) is 0. The summed E-state index contributed by atoms with van der Waals surface area (Å²) in [5, 5.41) is 0.773. The van der Waals surface area contributed by atoms with E-state index in [0.29, 0.717) is 0 Å². The lowest BCUT2D eigenvalue weighted by molar-refractivity contribution is 1.03. The third-order valence-corrected chi connectivity index (χ3v) is 2.14. The second-order valence-corrected chi connectivity index (χ2v) is 3.59. The smallest absolute Gasteiger partial charge is 0.0631 e. The molecule has 0 saturated carbocycles. The van der Waals surface area contributed by atoms with Crippen LogP contribution in [0.2, 0.25) is 5.02 Å². The SMILES string of the molecule is CCc1ncc(I)cc1Cl. The molecule has 0 bridgehead atoms. The van der Waals surface area contributed by atoms with Gasteiger partial charge in [0.05, 0.1) is 10.7 Å². The van der Waals surface area contributed by atoms with Crippen LogP contribution in [0, 0.1) is 3.57 Å². The molecular weight excluding hydrogens is 260 g/mol. The van der Waals surface area contributed by atoms with Crippen LogP contribution in [-0.2, 0) is 6.42 Å². The molecule has 54 valence electrons. The van der Waals surface area contributed by atoms with Gasteiger partial charge in [0.1, 0.15) is 0 Å². The largest absolute Gasteiger partial charge is 0.259 e. The molecule has 0 atom stereocenters. The van der Waals surface area contributed by atoms with E-state index in [-0.39, 0.29) is 0 Å². The van der Waals surface area contributed by atoms with Crippen LogP contribution in [0.5, 0.6) is 0 Å². The summed E-state index contributed by atoms with van der Waals surface area (Å²) >= 11 is 8.05. The molecule has 0 aliphatic rings. The normalized spacial score (nSPS) is 9.90. The van der Waals surface area contributed by atoms with Gasteiger partial charge in [0.2, 0.25) is 0 Å². The van der Waals surface area contributed by atoms with Crippen molar-refractivity contribution in [1.29, 1.82) is 0 Å². The predicted octanol–water partition coefficient (Wildman–Crippen LogP) is 2.90. The Morgan fingerprint density at radius 3 is 2.90 bits per heavy atom. The van der Waals surface area contributed by atoms with E-state index in [1.54, 1.807) is 0 Å². The molecule has 1 aromatic heterocycles. The second kappa shape index (κ2) is 3.53. The molecule has 10 heavy (non-hydrogen) atoms. The second-order valence-electron chi connectivity index (χ2n) is 1.94. The van der Waals surface area contributed by atoms with E-state index in [0.717, 1.165) is 20.7 Å². The fourth-order valence-electron chi connectivity index (χ4n) is 0.703. The van der Waals surface area contributed by atoms with Crippen molar-refractivity contribution in [1.82, 2.24) is 4.98 Å². The first-order chi connectivity index (χ1) is 4.74. The lowest BCUT2D eigenvalue weighted by Crippen LogP contribution is -1.88. The van der Waals surface area contributed by atoms with E-state index in [2.05, 4.69) is 27.6 Å². The Hall–Kier alpha value is 0.170. The molecule has 3 heteroatoms. The fourth-order valence-corrected chi connectivity index (χ4v) is 1.64. The van der Waals surface area contributed by atoms with Crippen LogP contribution in [0.4, 0.5) is 0 Å². The number of aromatic nitrogens is 1. The van der Waals surface area contributed by atoms with Crippen molar-refractivity contribution in [2.75, 3.05) is 0 Å². The Kier molecular flexibility index (Phi) is 2.92. The predicted molar refractivity (Wildman–Crippen MR) is 51.3 cm³/mol. The molecule has 0 saturated heterocycles. The van der Waals surface area contributed by atoms with Gasteiger partial charge >= 0.3 is 0 Å². The molecule has 0 amide bonds. The lowest BCUT2D eigenvalue weighted by atomic mass is 10.3. The average molecular weight is 267 g/mol. The Labute approximate surface area is 78.9 Å². The maximum Gasteiger partial charge on any atom is 0.0631 e. The molecule has 0 N–H and O–H groups in total. The third-order valence-electron chi connectivity index (χ3n) is 1.22. The molecule has 1 rings (SSSR count). The van der Waals surface area contributed by atoms with Crippen molar-refractivity contribution < 1.29 is 0 Å². The van der Waals surface area contributed by atoms with Gasteiger partial charge in [0.25, 0.3) is 0 Å². The van der Waals surface area contributed by atoms with Gasteiger partial charge in [0, 0.05) is 9.77 Å². The summed E-state index contributed by atoms with van der Waals surface area (Å²) in [4.78, 5) is 4.16. The van der Waals surface area contributed by atoms with Gasteiger partial charge in [-0.3, -0.25) is 4.98 Å². The molecular formula is C7H7ClIN. The highest BCUT2D eigenvalue weighted by Gasteiger charge is 1.98. The summed E-state index contributed by atoms with van der Waals surface area (Å²) in [5.74, 6) is 0.